The van der Waals surface area contributed by atoms with Crippen molar-refractivity contribution in [2.75, 3.05) is 5.32 Å². The maximum Gasteiger partial charge on any atom is 0.227 e. The van der Waals surface area contributed by atoms with Crippen LogP contribution in [0.3, 0.4) is 0 Å². The van der Waals surface area contributed by atoms with Crippen molar-refractivity contribution in [3.05, 3.63) is 28.2 Å². The first kappa shape index (κ1) is 12.7. The zero-order valence-corrected chi connectivity index (χ0v) is 10.8. The second kappa shape index (κ2) is 5.66. The molecule has 0 radical (unpaired) electrons. The van der Waals surface area contributed by atoms with Gasteiger partial charge in [-0.3, -0.25) is 4.79 Å². The lowest BCUT2D eigenvalue weighted by atomic mass is 10.1. The SMILES string of the molecule is CCC(C)C(=O)Nc1cc(Br)ccc1C#N. The van der Waals surface area contributed by atoms with Crippen LogP contribution in [0.2, 0.25) is 0 Å². The molecular weight excluding hydrogens is 268 g/mol. The molecular formula is C12H13BrN2O. The van der Waals surface area contributed by atoms with Crippen molar-refractivity contribution >= 4 is 27.5 Å². The average Bonchev–Trinajstić information content (AvgIpc) is 2.28. The van der Waals surface area contributed by atoms with Gasteiger partial charge in [-0.25, -0.2) is 0 Å². The second-order valence-corrected chi connectivity index (χ2v) is 4.52. The van der Waals surface area contributed by atoms with Gasteiger partial charge in [0.15, 0.2) is 0 Å². The van der Waals surface area contributed by atoms with Crippen LogP contribution in [0.25, 0.3) is 0 Å². The fourth-order valence-electron chi connectivity index (χ4n) is 1.16. The zero-order chi connectivity index (χ0) is 12.1. The van der Waals surface area contributed by atoms with Gasteiger partial charge in [-0.2, -0.15) is 5.26 Å². The summed E-state index contributed by atoms with van der Waals surface area (Å²) < 4.78 is 0.839. The number of nitrogens with zero attached hydrogens (tertiary/aromatic N) is 1. The minimum absolute atomic E-state index is 0.0504. The van der Waals surface area contributed by atoms with Gasteiger partial charge in [-0.15, -0.1) is 0 Å². The Kier molecular flexibility index (Phi) is 4.51. The number of hydrogen-bond acceptors (Lipinski definition) is 2. The van der Waals surface area contributed by atoms with Gasteiger partial charge in [0, 0.05) is 10.4 Å². The highest BCUT2D eigenvalue weighted by molar-refractivity contribution is 9.10. The fourth-order valence-corrected chi connectivity index (χ4v) is 1.52. The molecule has 1 atom stereocenters. The quantitative estimate of drug-likeness (QED) is 0.924. The van der Waals surface area contributed by atoms with Gasteiger partial charge >= 0.3 is 0 Å². The summed E-state index contributed by atoms with van der Waals surface area (Å²) in [6.45, 7) is 3.82. The van der Waals surface area contributed by atoms with Crippen molar-refractivity contribution in [1.29, 1.82) is 5.26 Å². The van der Waals surface area contributed by atoms with E-state index in [2.05, 4.69) is 21.2 Å². The zero-order valence-electron chi connectivity index (χ0n) is 9.25. The topological polar surface area (TPSA) is 52.9 Å². The van der Waals surface area contributed by atoms with Crippen LogP contribution in [0, 0.1) is 17.2 Å². The number of benzene rings is 1. The molecule has 0 spiro atoms. The summed E-state index contributed by atoms with van der Waals surface area (Å²) in [5.74, 6) is -0.109. The molecule has 0 aliphatic heterocycles. The van der Waals surface area contributed by atoms with Gasteiger partial charge in [0.05, 0.1) is 11.3 Å². The number of nitriles is 1. The molecule has 0 aliphatic carbocycles. The monoisotopic (exact) mass is 280 g/mol. The van der Waals surface area contributed by atoms with Crippen molar-refractivity contribution in [3.8, 4) is 6.07 Å². The van der Waals surface area contributed by atoms with Crippen molar-refractivity contribution in [1.82, 2.24) is 0 Å². The average molecular weight is 281 g/mol. The predicted molar refractivity (Wildman–Crippen MR) is 66.9 cm³/mol. The minimum atomic E-state index is -0.0582. The van der Waals surface area contributed by atoms with Gasteiger partial charge in [0.2, 0.25) is 5.91 Å². The molecule has 0 heterocycles. The van der Waals surface area contributed by atoms with Crippen LogP contribution < -0.4 is 5.32 Å². The van der Waals surface area contributed by atoms with Gasteiger partial charge in [-0.05, 0) is 24.6 Å². The van der Waals surface area contributed by atoms with Gasteiger partial charge in [0.1, 0.15) is 6.07 Å². The minimum Gasteiger partial charge on any atom is -0.325 e. The van der Waals surface area contributed by atoms with Crippen molar-refractivity contribution in [2.45, 2.75) is 20.3 Å². The van der Waals surface area contributed by atoms with E-state index in [9.17, 15) is 4.79 Å². The Morgan fingerprint density at radius 1 is 1.62 bits per heavy atom. The molecule has 0 saturated carbocycles. The van der Waals surface area contributed by atoms with E-state index >= 15 is 0 Å². The molecule has 1 amide bonds. The number of halogens is 1. The smallest absolute Gasteiger partial charge is 0.227 e. The first-order chi connectivity index (χ1) is 7.58. The molecule has 4 heteroatoms. The van der Waals surface area contributed by atoms with Gasteiger partial charge < -0.3 is 5.32 Å². The molecule has 1 N–H and O–H groups in total. The second-order valence-electron chi connectivity index (χ2n) is 3.60. The Hall–Kier alpha value is -1.34. The third-order valence-electron chi connectivity index (χ3n) is 2.42. The lowest BCUT2D eigenvalue weighted by molar-refractivity contribution is -0.119. The molecule has 16 heavy (non-hydrogen) atoms. The largest absolute Gasteiger partial charge is 0.325 e. The first-order valence-corrected chi connectivity index (χ1v) is 5.88. The van der Waals surface area contributed by atoms with Crippen molar-refractivity contribution in [3.63, 3.8) is 0 Å². The molecule has 0 aliphatic rings. The van der Waals surface area contributed by atoms with Crippen molar-refractivity contribution in [2.24, 2.45) is 5.92 Å². The molecule has 84 valence electrons. The lowest BCUT2D eigenvalue weighted by Crippen LogP contribution is -2.20. The highest BCUT2D eigenvalue weighted by atomic mass is 79.9. The third kappa shape index (κ3) is 3.07. The number of amides is 1. The van der Waals surface area contributed by atoms with Crippen LogP contribution in [0.4, 0.5) is 5.69 Å². The molecule has 0 aromatic heterocycles. The number of carbonyl (C=O) groups excluding carboxylic acids is 1. The normalized spacial score (nSPS) is 11.6. The maximum absolute atomic E-state index is 11.7. The van der Waals surface area contributed by atoms with E-state index in [4.69, 9.17) is 5.26 Å². The number of carbonyl (C=O) groups is 1. The van der Waals surface area contributed by atoms with Crippen molar-refractivity contribution < 1.29 is 4.79 Å². The summed E-state index contributed by atoms with van der Waals surface area (Å²) in [6.07, 6.45) is 0.779. The summed E-state index contributed by atoms with van der Waals surface area (Å²) in [5.41, 5.74) is 1.03. The fraction of sp³-hybridized carbons (Fsp3) is 0.333. The summed E-state index contributed by atoms with van der Waals surface area (Å²) in [4.78, 5) is 11.7. The highest BCUT2D eigenvalue weighted by Crippen LogP contribution is 2.21. The first-order valence-electron chi connectivity index (χ1n) is 5.09. The van der Waals surface area contributed by atoms with E-state index in [1.54, 1.807) is 18.2 Å². The lowest BCUT2D eigenvalue weighted by Gasteiger charge is -2.11. The van der Waals surface area contributed by atoms with Crippen LogP contribution in [-0.2, 0) is 4.79 Å². The van der Waals surface area contributed by atoms with Crippen LogP contribution in [-0.4, -0.2) is 5.91 Å². The number of anilines is 1. The number of rotatable bonds is 3. The van der Waals surface area contributed by atoms with Crippen LogP contribution in [0.1, 0.15) is 25.8 Å². The van der Waals surface area contributed by atoms with Crippen LogP contribution >= 0.6 is 15.9 Å². The van der Waals surface area contributed by atoms with E-state index in [-0.39, 0.29) is 11.8 Å². The Morgan fingerprint density at radius 2 is 2.31 bits per heavy atom. The molecule has 1 rings (SSSR count). The van der Waals surface area contributed by atoms with E-state index < -0.39 is 0 Å². The Balaban J connectivity index is 2.92. The van der Waals surface area contributed by atoms with E-state index in [1.165, 1.54) is 0 Å². The summed E-state index contributed by atoms with van der Waals surface area (Å²) in [7, 11) is 0. The van der Waals surface area contributed by atoms with Crippen LogP contribution in [0.5, 0.6) is 0 Å². The number of nitrogens with one attached hydrogen (secondary N) is 1. The molecule has 0 bridgehead atoms. The summed E-state index contributed by atoms with van der Waals surface area (Å²) in [6, 6.07) is 7.24. The van der Waals surface area contributed by atoms with E-state index in [0.717, 1.165) is 10.9 Å². The predicted octanol–water partition coefficient (Wildman–Crippen LogP) is 3.31. The maximum atomic E-state index is 11.7. The van der Waals surface area contributed by atoms with Gasteiger partial charge in [0.25, 0.3) is 0 Å². The molecule has 3 nitrogen and oxygen atoms in total. The van der Waals surface area contributed by atoms with Gasteiger partial charge in [-0.1, -0.05) is 29.8 Å². The standard InChI is InChI=1S/C12H13BrN2O/c1-3-8(2)12(16)15-11-6-10(13)5-4-9(11)7-14/h4-6,8H,3H2,1-2H3,(H,15,16). The summed E-state index contributed by atoms with van der Waals surface area (Å²) >= 11 is 3.31. The van der Waals surface area contributed by atoms with E-state index in [0.29, 0.717) is 11.3 Å². The number of hydrogen-bond donors (Lipinski definition) is 1. The Labute approximate surface area is 104 Å². The molecule has 1 aromatic rings. The Bertz CT molecular complexity index is 437. The third-order valence-corrected chi connectivity index (χ3v) is 2.91. The van der Waals surface area contributed by atoms with E-state index in [1.807, 2.05) is 19.9 Å². The van der Waals surface area contributed by atoms with Crippen LogP contribution in [0.15, 0.2) is 22.7 Å². The highest BCUT2D eigenvalue weighted by Gasteiger charge is 2.12. The Morgan fingerprint density at radius 3 is 2.88 bits per heavy atom. The molecule has 0 saturated heterocycles. The summed E-state index contributed by atoms with van der Waals surface area (Å²) in [5, 5.41) is 11.7. The molecule has 0 fully saturated rings. The molecule has 1 unspecified atom stereocenters. The molecule has 1 aromatic carbocycles.